The third-order valence-corrected chi connectivity index (χ3v) is 6.51. The molecule has 1 amide bonds. The average Bonchev–Trinajstić information content (AvgIpc) is 3.21. The Labute approximate surface area is 157 Å². The van der Waals surface area contributed by atoms with Gasteiger partial charge in [-0.15, -0.1) is 11.3 Å². The number of amides is 1. The van der Waals surface area contributed by atoms with Crippen molar-refractivity contribution in [2.24, 2.45) is 0 Å². The number of hydrogen-bond acceptors (Lipinski definition) is 5. The van der Waals surface area contributed by atoms with Gasteiger partial charge in [-0.1, -0.05) is 32.9 Å². The molecule has 1 aliphatic heterocycles. The fourth-order valence-corrected chi connectivity index (χ4v) is 4.45. The molecule has 1 aromatic heterocycles. The van der Waals surface area contributed by atoms with E-state index in [0.29, 0.717) is 6.54 Å². The van der Waals surface area contributed by atoms with Crippen molar-refractivity contribution in [3.05, 3.63) is 47.3 Å². The summed E-state index contributed by atoms with van der Waals surface area (Å²) in [5.74, 6) is 0. The Kier molecular flexibility index (Phi) is 5.09. The van der Waals surface area contributed by atoms with Crippen LogP contribution in [0.3, 0.4) is 0 Å². The molecular weight excluding hydrogens is 372 g/mol. The summed E-state index contributed by atoms with van der Waals surface area (Å²) in [7, 11) is -3.66. The SMILES string of the molecule is CC(C)(C)c1ccc(S(=O)(=O)NCC2CN(c3cccs3)C(=O)O2)cc1. The summed E-state index contributed by atoms with van der Waals surface area (Å²) in [6, 6.07) is 10.5. The predicted molar refractivity (Wildman–Crippen MR) is 102 cm³/mol. The minimum Gasteiger partial charge on any atom is -0.443 e. The maximum absolute atomic E-state index is 12.5. The van der Waals surface area contributed by atoms with Gasteiger partial charge in [0.05, 0.1) is 11.4 Å². The second kappa shape index (κ2) is 7.02. The molecule has 2 heterocycles. The van der Waals surface area contributed by atoms with Gasteiger partial charge < -0.3 is 4.74 Å². The van der Waals surface area contributed by atoms with E-state index >= 15 is 0 Å². The molecule has 1 unspecified atom stereocenters. The molecule has 3 rings (SSSR count). The average molecular weight is 395 g/mol. The van der Waals surface area contributed by atoms with Gasteiger partial charge in [-0.2, -0.15) is 0 Å². The highest BCUT2D eigenvalue weighted by Gasteiger charge is 2.33. The van der Waals surface area contributed by atoms with Crippen molar-refractivity contribution in [3.63, 3.8) is 0 Å². The smallest absolute Gasteiger partial charge is 0.415 e. The van der Waals surface area contributed by atoms with Crippen LogP contribution in [-0.2, 0) is 20.2 Å². The van der Waals surface area contributed by atoms with Gasteiger partial charge in [-0.25, -0.2) is 17.9 Å². The van der Waals surface area contributed by atoms with E-state index in [9.17, 15) is 13.2 Å². The number of nitrogens with zero attached hydrogens (tertiary/aromatic N) is 1. The van der Waals surface area contributed by atoms with E-state index in [1.807, 2.05) is 29.6 Å². The van der Waals surface area contributed by atoms with Crippen molar-refractivity contribution in [2.45, 2.75) is 37.2 Å². The maximum Gasteiger partial charge on any atom is 0.415 e. The molecule has 0 saturated carbocycles. The molecule has 0 aliphatic carbocycles. The molecule has 0 radical (unpaired) electrons. The summed E-state index contributed by atoms with van der Waals surface area (Å²) in [6.07, 6.45) is -0.973. The third kappa shape index (κ3) is 4.08. The largest absolute Gasteiger partial charge is 0.443 e. The number of hydrogen-bond donors (Lipinski definition) is 1. The molecule has 1 aromatic carbocycles. The molecule has 1 aliphatic rings. The quantitative estimate of drug-likeness (QED) is 0.844. The highest BCUT2D eigenvalue weighted by atomic mass is 32.2. The molecule has 2 aromatic rings. The van der Waals surface area contributed by atoms with Crippen molar-refractivity contribution >= 4 is 32.5 Å². The first-order valence-corrected chi connectivity index (χ1v) is 10.6. The standard InChI is InChI=1S/C18H22N2O4S2/c1-18(2,3)13-6-8-15(9-7-13)26(22,23)19-11-14-12-20(17(21)24-14)16-5-4-10-25-16/h4-10,14,19H,11-12H2,1-3H3. The third-order valence-electron chi connectivity index (χ3n) is 4.18. The number of cyclic esters (lactones) is 1. The van der Waals surface area contributed by atoms with E-state index in [2.05, 4.69) is 25.5 Å². The molecule has 0 bridgehead atoms. The number of carbonyl (C=O) groups excluding carboxylic acids is 1. The van der Waals surface area contributed by atoms with Crippen molar-refractivity contribution in [1.29, 1.82) is 0 Å². The number of thiophene rings is 1. The molecule has 8 heteroatoms. The topological polar surface area (TPSA) is 75.7 Å². The molecule has 26 heavy (non-hydrogen) atoms. The minimum absolute atomic E-state index is 0.0387. The molecule has 140 valence electrons. The molecular formula is C18H22N2O4S2. The first-order valence-electron chi connectivity index (χ1n) is 8.29. The summed E-state index contributed by atoms with van der Waals surface area (Å²) in [5, 5.41) is 2.66. The van der Waals surface area contributed by atoms with Crippen molar-refractivity contribution in [2.75, 3.05) is 18.0 Å². The summed E-state index contributed by atoms with van der Waals surface area (Å²) in [6.45, 7) is 6.58. The van der Waals surface area contributed by atoms with Crippen LogP contribution in [-0.4, -0.2) is 33.7 Å². The van der Waals surface area contributed by atoms with E-state index in [-0.39, 0.29) is 16.9 Å². The minimum atomic E-state index is -3.66. The van der Waals surface area contributed by atoms with Crippen LogP contribution in [0.15, 0.2) is 46.7 Å². The highest BCUT2D eigenvalue weighted by Crippen LogP contribution is 2.26. The number of carbonyl (C=O) groups is 1. The van der Waals surface area contributed by atoms with Gasteiger partial charge in [0.2, 0.25) is 10.0 Å². The lowest BCUT2D eigenvalue weighted by Crippen LogP contribution is -2.34. The van der Waals surface area contributed by atoms with Crippen LogP contribution in [0.4, 0.5) is 9.80 Å². The van der Waals surface area contributed by atoms with Crippen LogP contribution in [0.1, 0.15) is 26.3 Å². The Morgan fingerprint density at radius 2 is 1.92 bits per heavy atom. The van der Waals surface area contributed by atoms with E-state index in [1.165, 1.54) is 16.2 Å². The second-order valence-electron chi connectivity index (χ2n) is 7.19. The van der Waals surface area contributed by atoms with E-state index in [0.717, 1.165) is 10.6 Å². The Hall–Kier alpha value is -1.90. The lowest BCUT2D eigenvalue weighted by Gasteiger charge is -2.19. The van der Waals surface area contributed by atoms with Gasteiger partial charge in [-0.3, -0.25) is 4.90 Å². The fourth-order valence-electron chi connectivity index (χ4n) is 2.65. The van der Waals surface area contributed by atoms with Crippen LogP contribution in [0.2, 0.25) is 0 Å². The highest BCUT2D eigenvalue weighted by molar-refractivity contribution is 7.89. The maximum atomic E-state index is 12.5. The van der Waals surface area contributed by atoms with Crippen molar-refractivity contribution < 1.29 is 17.9 Å². The number of sulfonamides is 1. The van der Waals surface area contributed by atoms with Gasteiger partial charge in [0.25, 0.3) is 0 Å². The number of anilines is 1. The monoisotopic (exact) mass is 394 g/mol. The zero-order valence-electron chi connectivity index (χ0n) is 14.9. The number of ether oxygens (including phenoxy) is 1. The fraction of sp³-hybridized carbons (Fsp3) is 0.389. The predicted octanol–water partition coefficient (Wildman–Crippen LogP) is 3.35. The zero-order chi connectivity index (χ0) is 18.9. The molecule has 1 N–H and O–H groups in total. The number of rotatable bonds is 5. The molecule has 1 fully saturated rings. The molecule has 0 spiro atoms. The second-order valence-corrected chi connectivity index (χ2v) is 9.89. The van der Waals surface area contributed by atoms with Gasteiger partial charge in [-0.05, 0) is 40.6 Å². The first kappa shape index (κ1) is 18.9. The summed E-state index contributed by atoms with van der Waals surface area (Å²) < 4.78 is 32.8. The lowest BCUT2D eigenvalue weighted by molar-refractivity contribution is 0.143. The first-order chi connectivity index (χ1) is 12.2. The normalized spacial score (nSPS) is 18.2. The summed E-state index contributed by atoms with van der Waals surface area (Å²) in [4.78, 5) is 13.7. The Morgan fingerprint density at radius 1 is 1.23 bits per heavy atom. The van der Waals surface area contributed by atoms with E-state index < -0.39 is 22.2 Å². The van der Waals surface area contributed by atoms with Gasteiger partial charge in [0, 0.05) is 6.54 Å². The Bertz CT molecular complexity index is 869. The molecule has 1 atom stereocenters. The van der Waals surface area contributed by atoms with Crippen LogP contribution >= 0.6 is 11.3 Å². The van der Waals surface area contributed by atoms with E-state index in [4.69, 9.17) is 4.74 Å². The van der Waals surface area contributed by atoms with Gasteiger partial charge in [0.15, 0.2) is 0 Å². The van der Waals surface area contributed by atoms with Gasteiger partial charge in [0.1, 0.15) is 11.1 Å². The van der Waals surface area contributed by atoms with Crippen LogP contribution in [0.25, 0.3) is 0 Å². The van der Waals surface area contributed by atoms with Crippen LogP contribution in [0, 0.1) is 0 Å². The Morgan fingerprint density at radius 3 is 2.50 bits per heavy atom. The number of nitrogens with one attached hydrogen (secondary N) is 1. The summed E-state index contributed by atoms with van der Waals surface area (Å²) >= 11 is 1.44. The van der Waals surface area contributed by atoms with Crippen molar-refractivity contribution in [1.82, 2.24) is 4.72 Å². The summed E-state index contributed by atoms with van der Waals surface area (Å²) in [5.41, 5.74) is 1.02. The Balaban J connectivity index is 1.63. The van der Waals surface area contributed by atoms with Crippen molar-refractivity contribution in [3.8, 4) is 0 Å². The molecule has 1 saturated heterocycles. The lowest BCUT2D eigenvalue weighted by atomic mass is 9.87. The van der Waals surface area contributed by atoms with Gasteiger partial charge >= 0.3 is 6.09 Å². The zero-order valence-corrected chi connectivity index (χ0v) is 16.6. The van der Waals surface area contributed by atoms with E-state index in [1.54, 1.807) is 12.1 Å². The number of benzene rings is 1. The van der Waals surface area contributed by atoms with Crippen LogP contribution < -0.4 is 9.62 Å². The van der Waals surface area contributed by atoms with Crippen LogP contribution in [0.5, 0.6) is 0 Å². The molecule has 6 nitrogen and oxygen atoms in total.